The number of hydrogen-bond donors (Lipinski definition) is 2. The number of amides is 5. The molecule has 0 aliphatic carbocycles. The highest BCUT2D eigenvalue weighted by molar-refractivity contribution is 6.43. The largest absolute Gasteiger partial charge is 0.482 e. The van der Waals surface area contributed by atoms with Crippen LogP contribution in [-0.2, 0) is 14.4 Å². The second-order valence-electron chi connectivity index (χ2n) is 7.59. The molecule has 0 saturated carbocycles. The molecule has 8 nitrogen and oxygen atoms in total. The average Bonchev–Trinajstić information content (AvgIpc) is 2.84. The first-order chi connectivity index (χ1) is 17.6. The van der Waals surface area contributed by atoms with E-state index in [9.17, 15) is 19.2 Å². The standard InChI is InChI=1S/C25H15Cl4N3O5/c26-14-2-4-15(5-3-14)30-22(33)12-37-21-8-1-13(10-20(21)29)9-17-23(34)31-25(36)32(24(17)35)16-6-7-18(27)19(28)11-16/h1-11H,12H2,(H,30,33)(H,31,34,36)/b17-9+. The number of imide groups is 2. The summed E-state index contributed by atoms with van der Waals surface area (Å²) in [5.41, 5.74) is 0.756. The fraction of sp³-hybridized carbons (Fsp3) is 0.0400. The molecule has 1 heterocycles. The van der Waals surface area contributed by atoms with E-state index >= 15 is 0 Å². The Hall–Kier alpha value is -3.56. The second kappa shape index (κ2) is 11.2. The molecule has 2 N–H and O–H groups in total. The summed E-state index contributed by atoms with van der Waals surface area (Å²) in [5.74, 6) is -1.94. The number of halogens is 4. The lowest BCUT2D eigenvalue weighted by atomic mass is 10.1. The Morgan fingerprint density at radius 3 is 2.30 bits per heavy atom. The van der Waals surface area contributed by atoms with Crippen molar-refractivity contribution in [2.45, 2.75) is 0 Å². The van der Waals surface area contributed by atoms with Crippen molar-refractivity contribution in [2.75, 3.05) is 16.8 Å². The number of carbonyl (C=O) groups excluding carboxylic acids is 4. The van der Waals surface area contributed by atoms with Crippen molar-refractivity contribution in [3.63, 3.8) is 0 Å². The first kappa shape index (κ1) is 26.5. The van der Waals surface area contributed by atoms with E-state index in [1.807, 2.05) is 0 Å². The van der Waals surface area contributed by atoms with Gasteiger partial charge in [-0.05, 0) is 66.2 Å². The Bertz CT molecular complexity index is 1460. The molecule has 188 valence electrons. The number of nitrogens with one attached hydrogen (secondary N) is 2. The van der Waals surface area contributed by atoms with Crippen LogP contribution in [0.4, 0.5) is 16.2 Å². The molecule has 0 radical (unpaired) electrons. The molecular weight excluding hydrogens is 564 g/mol. The quantitative estimate of drug-likeness (QED) is 0.276. The zero-order chi connectivity index (χ0) is 26.7. The highest BCUT2D eigenvalue weighted by Gasteiger charge is 2.37. The summed E-state index contributed by atoms with van der Waals surface area (Å²) in [5, 5.41) is 5.82. The normalized spacial score (nSPS) is 14.5. The van der Waals surface area contributed by atoms with E-state index in [1.165, 1.54) is 42.5 Å². The highest BCUT2D eigenvalue weighted by Crippen LogP contribution is 2.30. The monoisotopic (exact) mass is 577 g/mol. The van der Waals surface area contributed by atoms with Gasteiger partial charge in [-0.25, -0.2) is 9.69 Å². The number of carbonyl (C=O) groups is 4. The minimum atomic E-state index is -0.927. The van der Waals surface area contributed by atoms with Crippen LogP contribution in [0.15, 0.2) is 66.2 Å². The maximum atomic E-state index is 13.0. The number of barbiturate groups is 1. The van der Waals surface area contributed by atoms with Gasteiger partial charge < -0.3 is 10.1 Å². The van der Waals surface area contributed by atoms with Gasteiger partial charge >= 0.3 is 6.03 Å². The Morgan fingerprint density at radius 1 is 0.892 bits per heavy atom. The highest BCUT2D eigenvalue weighted by atomic mass is 35.5. The van der Waals surface area contributed by atoms with Gasteiger partial charge in [0, 0.05) is 10.7 Å². The number of ether oxygens (including phenoxy) is 1. The molecule has 3 aromatic rings. The third-order valence-electron chi connectivity index (χ3n) is 5.02. The van der Waals surface area contributed by atoms with Crippen LogP contribution in [0, 0.1) is 0 Å². The van der Waals surface area contributed by atoms with Crippen molar-refractivity contribution in [1.82, 2.24) is 5.32 Å². The van der Waals surface area contributed by atoms with Crippen LogP contribution in [0.2, 0.25) is 20.1 Å². The fourth-order valence-corrected chi connectivity index (χ4v) is 3.94. The number of urea groups is 1. The Kier molecular flexibility index (Phi) is 8.04. The van der Waals surface area contributed by atoms with Crippen molar-refractivity contribution >= 4 is 87.6 Å². The van der Waals surface area contributed by atoms with E-state index in [0.29, 0.717) is 16.3 Å². The van der Waals surface area contributed by atoms with Gasteiger partial charge in [-0.3, -0.25) is 19.7 Å². The SMILES string of the molecule is O=C(COc1ccc(/C=C2\C(=O)NC(=O)N(c3ccc(Cl)c(Cl)c3)C2=O)cc1Cl)Nc1ccc(Cl)cc1. The molecule has 0 spiro atoms. The second-order valence-corrected chi connectivity index (χ2v) is 9.25. The van der Waals surface area contributed by atoms with Crippen LogP contribution in [0.1, 0.15) is 5.56 Å². The molecule has 0 unspecified atom stereocenters. The van der Waals surface area contributed by atoms with Gasteiger partial charge in [-0.1, -0.05) is 52.5 Å². The molecule has 5 amide bonds. The van der Waals surface area contributed by atoms with Crippen LogP contribution in [0.25, 0.3) is 6.08 Å². The summed E-state index contributed by atoms with van der Waals surface area (Å²) in [6.07, 6.45) is 1.28. The number of rotatable bonds is 6. The molecule has 0 aromatic heterocycles. The van der Waals surface area contributed by atoms with E-state index in [-0.39, 0.29) is 38.7 Å². The molecule has 1 saturated heterocycles. The average molecular weight is 579 g/mol. The summed E-state index contributed by atoms with van der Waals surface area (Å²) in [6.45, 7) is -0.315. The first-order valence-electron chi connectivity index (χ1n) is 10.5. The van der Waals surface area contributed by atoms with Gasteiger partial charge in [0.15, 0.2) is 6.61 Å². The summed E-state index contributed by atoms with van der Waals surface area (Å²) in [6, 6.07) is 14.3. The van der Waals surface area contributed by atoms with Crippen LogP contribution >= 0.6 is 46.4 Å². The minimum absolute atomic E-state index is 0.131. The third-order valence-corrected chi connectivity index (χ3v) is 6.30. The lowest BCUT2D eigenvalue weighted by Crippen LogP contribution is -2.54. The first-order valence-corrected chi connectivity index (χ1v) is 12.0. The zero-order valence-corrected chi connectivity index (χ0v) is 21.6. The number of benzene rings is 3. The molecule has 3 aromatic carbocycles. The number of hydrogen-bond acceptors (Lipinski definition) is 5. The topological polar surface area (TPSA) is 105 Å². The van der Waals surface area contributed by atoms with Crippen LogP contribution in [0.5, 0.6) is 5.75 Å². The molecular formula is C25H15Cl4N3O5. The van der Waals surface area contributed by atoms with E-state index < -0.39 is 23.8 Å². The Morgan fingerprint density at radius 2 is 1.62 bits per heavy atom. The van der Waals surface area contributed by atoms with E-state index in [2.05, 4.69) is 10.6 Å². The van der Waals surface area contributed by atoms with E-state index in [1.54, 1.807) is 24.3 Å². The fourth-order valence-electron chi connectivity index (χ4n) is 3.28. The van der Waals surface area contributed by atoms with Crippen molar-refractivity contribution in [3.05, 3.63) is 91.9 Å². The predicted octanol–water partition coefficient (Wildman–Crippen LogP) is 5.98. The molecule has 1 aliphatic rings. The number of nitrogens with zero attached hydrogens (tertiary/aromatic N) is 1. The van der Waals surface area contributed by atoms with Gasteiger partial charge in [-0.2, -0.15) is 0 Å². The zero-order valence-electron chi connectivity index (χ0n) is 18.6. The van der Waals surface area contributed by atoms with Crippen molar-refractivity contribution in [1.29, 1.82) is 0 Å². The summed E-state index contributed by atoms with van der Waals surface area (Å²) < 4.78 is 5.48. The van der Waals surface area contributed by atoms with Gasteiger partial charge in [0.05, 0.1) is 20.8 Å². The van der Waals surface area contributed by atoms with Gasteiger partial charge in [0.2, 0.25) is 0 Å². The Labute approximate surface area is 230 Å². The molecule has 1 aliphatic heterocycles. The van der Waals surface area contributed by atoms with Gasteiger partial charge in [0.1, 0.15) is 11.3 Å². The van der Waals surface area contributed by atoms with Gasteiger partial charge in [-0.15, -0.1) is 0 Å². The Balaban J connectivity index is 1.48. The number of anilines is 2. The lowest BCUT2D eigenvalue weighted by Gasteiger charge is -2.26. The predicted molar refractivity (Wildman–Crippen MR) is 142 cm³/mol. The molecule has 1 fully saturated rings. The van der Waals surface area contributed by atoms with E-state index in [0.717, 1.165) is 4.90 Å². The van der Waals surface area contributed by atoms with Crippen molar-refractivity contribution in [3.8, 4) is 5.75 Å². The summed E-state index contributed by atoms with van der Waals surface area (Å²) in [4.78, 5) is 50.7. The van der Waals surface area contributed by atoms with Crippen molar-refractivity contribution in [2.24, 2.45) is 0 Å². The van der Waals surface area contributed by atoms with Gasteiger partial charge in [0.25, 0.3) is 17.7 Å². The van der Waals surface area contributed by atoms with E-state index in [4.69, 9.17) is 51.1 Å². The molecule has 4 rings (SSSR count). The van der Waals surface area contributed by atoms with Crippen LogP contribution < -0.4 is 20.3 Å². The molecule has 37 heavy (non-hydrogen) atoms. The van der Waals surface area contributed by atoms with Crippen LogP contribution in [0.3, 0.4) is 0 Å². The van der Waals surface area contributed by atoms with Crippen molar-refractivity contribution < 1.29 is 23.9 Å². The molecule has 12 heteroatoms. The lowest BCUT2D eigenvalue weighted by molar-refractivity contribution is -0.122. The minimum Gasteiger partial charge on any atom is -0.482 e. The molecule has 0 atom stereocenters. The maximum absolute atomic E-state index is 13.0. The third kappa shape index (κ3) is 6.23. The molecule has 0 bridgehead atoms. The summed E-state index contributed by atoms with van der Waals surface area (Å²) in [7, 11) is 0. The van der Waals surface area contributed by atoms with Crippen LogP contribution in [-0.4, -0.2) is 30.4 Å². The smallest absolute Gasteiger partial charge is 0.335 e. The maximum Gasteiger partial charge on any atom is 0.335 e. The summed E-state index contributed by atoms with van der Waals surface area (Å²) >= 11 is 24.0.